The minimum absolute atomic E-state index is 0. The molecule has 4 nitrogen and oxygen atoms in total. The molecule has 1 unspecified atom stereocenters. The standard InChI is InChI=1S/C18H28N2O2.ClH/c1-13-4-6-15(7-5-13)18(2,3)12-20-17(21)16(19)14-8-10-22-11-9-14;/h4-7,14,16H,8-12,19H2,1-3H3,(H,20,21);1H. The molecule has 3 N–H and O–H groups in total. The van der Waals surface area contributed by atoms with Gasteiger partial charge in [0.25, 0.3) is 0 Å². The molecule has 1 aromatic rings. The molecular weight excluding hydrogens is 312 g/mol. The Morgan fingerprint density at radius 1 is 1.30 bits per heavy atom. The van der Waals surface area contributed by atoms with Gasteiger partial charge in [-0.1, -0.05) is 43.7 Å². The fourth-order valence-corrected chi connectivity index (χ4v) is 2.82. The van der Waals surface area contributed by atoms with E-state index < -0.39 is 6.04 Å². The van der Waals surface area contributed by atoms with Crippen LogP contribution in [0, 0.1) is 12.8 Å². The number of amides is 1. The Labute approximate surface area is 145 Å². The zero-order valence-corrected chi connectivity index (χ0v) is 15.1. The van der Waals surface area contributed by atoms with E-state index in [4.69, 9.17) is 10.5 Å². The largest absolute Gasteiger partial charge is 0.381 e. The Morgan fingerprint density at radius 2 is 1.87 bits per heavy atom. The summed E-state index contributed by atoms with van der Waals surface area (Å²) in [6.45, 7) is 8.36. The van der Waals surface area contributed by atoms with Crippen LogP contribution >= 0.6 is 12.4 Å². The highest BCUT2D eigenvalue weighted by Gasteiger charge is 2.28. The Balaban J connectivity index is 0.00000264. The number of hydrogen-bond donors (Lipinski definition) is 2. The molecule has 1 heterocycles. The van der Waals surface area contributed by atoms with Gasteiger partial charge in [0.2, 0.25) is 5.91 Å². The number of carbonyl (C=O) groups excluding carboxylic acids is 1. The van der Waals surface area contributed by atoms with Crippen LogP contribution in [0.25, 0.3) is 0 Å². The lowest BCUT2D eigenvalue weighted by molar-refractivity contribution is -0.124. The molecule has 1 amide bonds. The van der Waals surface area contributed by atoms with Gasteiger partial charge in [0.05, 0.1) is 6.04 Å². The highest BCUT2D eigenvalue weighted by atomic mass is 35.5. The minimum Gasteiger partial charge on any atom is -0.381 e. The summed E-state index contributed by atoms with van der Waals surface area (Å²) < 4.78 is 5.32. The van der Waals surface area contributed by atoms with Crippen LogP contribution in [0.15, 0.2) is 24.3 Å². The van der Waals surface area contributed by atoms with E-state index in [0.29, 0.717) is 19.8 Å². The van der Waals surface area contributed by atoms with Crippen LogP contribution in [0.1, 0.15) is 37.8 Å². The first-order valence-corrected chi connectivity index (χ1v) is 8.08. The smallest absolute Gasteiger partial charge is 0.237 e. The van der Waals surface area contributed by atoms with Gasteiger partial charge in [-0.3, -0.25) is 4.79 Å². The van der Waals surface area contributed by atoms with Gasteiger partial charge in [-0.2, -0.15) is 0 Å². The first kappa shape index (κ1) is 19.9. The average Bonchev–Trinajstić information content (AvgIpc) is 2.53. The molecule has 130 valence electrons. The number of nitrogens with one attached hydrogen (secondary N) is 1. The number of aryl methyl sites for hydroxylation is 1. The summed E-state index contributed by atoms with van der Waals surface area (Å²) in [5.41, 5.74) is 8.46. The van der Waals surface area contributed by atoms with Crippen molar-refractivity contribution in [3.05, 3.63) is 35.4 Å². The fraction of sp³-hybridized carbons (Fsp3) is 0.611. The molecule has 23 heavy (non-hydrogen) atoms. The predicted octanol–water partition coefficient (Wildman–Crippen LogP) is 2.56. The van der Waals surface area contributed by atoms with Crippen molar-refractivity contribution in [3.8, 4) is 0 Å². The quantitative estimate of drug-likeness (QED) is 0.865. The van der Waals surface area contributed by atoms with Gasteiger partial charge in [-0.25, -0.2) is 0 Å². The number of halogens is 1. The Kier molecular flexibility index (Phi) is 7.52. The number of carbonyl (C=O) groups is 1. The molecule has 0 aromatic heterocycles. The lowest BCUT2D eigenvalue weighted by Crippen LogP contribution is -2.49. The summed E-state index contributed by atoms with van der Waals surface area (Å²) >= 11 is 0. The molecule has 1 aliphatic heterocycles. The Bertz CT molecular complexity index is 496. The number of rotatable bonds is 5. The fourth-order valence-electron chi connectivity index (χ4n) is 2.82. The van der Waals surface area contributed by atoms with E-state index in [9.17, 15) is 4.79 Å². The molecule has 1 atom stereocenters. The number of nitrogens with two attached hydrogens (primary N) is 1. The summed E-state index contributed by atoms with van der Waals surface area (Å²) in [4.78, 5) is 12.3. The first-order valence-electron chi connectivity index (χ1n) is 8.08. The highest BCUT2D eigenvalue weighted by Crippen LogP contribution is 2.23. The van der Waals surface area contributed by atoms with Crippen molar-refractivity contribution in [1.82, 2.24) is 5.32 Å². The number of hydrogen-bond acceptors (Lipinski definition) is 3. The van der Waals surface area contributed by atoms with Gasteiger partial charge < -0.3 is 15.8 Å². The second-order valence-electron chi connectivity index (χ2n) is 6.94. The van der Waals surface area contributed by atoms with E-state index in [0.717, 1.165) is 12.8 Å². The van der Waals surface area contributed by atoms with Crippen LogP contribution in [-0.4, -0.2) is 31.7 Å². The van der Waals surface area contributed by atoms with Gasteiger partial charge in [-0.15, -0.1) is 12.4 Å². The second-order valence-corrected chi connectivity index (χ2v) is 6.94. The van der Waals surface area contributed by atoms with Crippen LogP contribution in [0.5, 0.6) is 0 Å². The third-order valence-corrected chi connectivity index (χ3v) is 4.61. The predicted molar refractivity (Wildman–Crippen MR) is 96.0 cm³/mol. The molecule has 5 heteroatoms. The molecule has 0 aliphatic carbocycles. The molecule has 1 aromatic carbocycles. The number of benzene rings is 1. The van der Waals surface area contributed by atoms with Crippen molar-refractivity contribution in [2.24, 2.45) is 11.7 Å². The van der Waals surface area contributed by atoms with E-state index in [1.165, 1.54) is 11.1 Å². The minimum atomic E-state index is -0.433. The Morgan fingerprint density at radius 3 is 2.43 bits per heavy atom. The lowest BCUT2D eigenvalue weighted by atomic mass is 9.84. The van der Waals surface area contributed by atoms with Crippen LogP contribution in [0.2, 0.25) is 0 Å². The second kappa shape index (κ2) is 8.67. The average molecular weight is 341 g/mol. The lowest BCUT2D eigenvalue weighted by Gasteiger charge is -2.29. The number of ether oxygens (including phenoxy) is 1. The van der Waals surface area contributed by atoms with E-state index in [1.807, 2.05) is 0 Å². The maximum atomic E-state index is 12.3. The molecule has 0 bridgehead atoms. The van der Waals surface area contributed by atoms with Crippen LogP contribution in [0.3, 0.4) is 0 Å². The van der Waals surface area contributed by atoms with Gasteiger partial charge in [0.1, 0.15) is 0 Å². The van der Waals surface area contributed by atoms with Crippen molar-refractivity contribution in [3.63, 3.8) is 0 Å². The van der Waals surface area contributed by atoms with Crippen LogP contribution in [-0.2, 0) is 14.9 Å². The SMILES string of the molecule is Cc1ccc(C(C)(C)CNC(=O)C(N)C2CCOCC2)cc1.Cl. The molecule has 0 radical (unpaired) electrons. The molecule has 0 spiro atoms. The van der Waals surface area contributed by atoms with E-state index in [1.54, 1.807) is 0 Å². The zero-order valence-electron chi connectivity index (χ0n) is 14.3. The van der Waals surface area contributed by atoms with Gasteiger partial charge in [-0.05, 0) is 31.2 Å². The summed E-state index contributed by atoms with van der Waals surface area (Å²) in [6, 6.07) is 8.02. The Hall–Kier alpha value is -1.10. The monoisotopic (exact) mass is 340 g/mol. The first-order chi connectivity index (χ1) is 10.4. The summed E-state index contributed by atoms with van der Waals surface area (Å²) in [5, 5.41) is 3.03. The molecular formula is C18H29ClN2O2. The van der Waals surface area contributed by atoms with E-state index in [2.05, 4.69) is 50.4 Å². The molecule has 1 aliphatic rings. The summed E-state index contributed by atoms with van der Waals surface area (Å²) in [7, 11) is 0. The topological polar surface area (TPSA) is 64.4 Å². The maximum Gasteiger partial charge on any atom is 0.237 e. The highest BCUT2D eigenvalue weighted by molar-refractivity contribution is 5.85. The van der Waals surface area contributed by atoms with Crippen molar-refractivity contribution in [1.29, 1.82) is 0 Å². The van der Waals surface area contributed by atoms with Gasteiger partial charge >= 0.3 is 0 Å². The molecule has 0 saturated carbocycles. The molecule has 1 saturated heterocycles. The van der Waals surface area contributed by atoms with Crippen LogP contribution in [0.4, 0.5) is 0 Å². The van der Waals surface area contributed by atoms with Crippen molar-refractivity contribution < 1.29 is 9.53 Å². The normalized spacial score (nSPS) is 17.2. The van der Waals surface area contributed by atoms with Crippen molar-refractivity contribution in [2.45, 2.75) is 45.1 Å². The third kappa shape index (κ3) is 5.48. The van der Waals surface area contributed by atoms with Gasteiger partial charge in [0, 0.05) is 25.2 Å². The third-order valence-electron chi connectivity index (χ3n) is 4.61. The van der Waals surface area contributed by atoms with Crippen LogP contribution < -0.4 is 11.1 Å². The summed E-state index contributed by atoms with van der Waals surface area (Å²) in [6.07, 6.45) is 1.74. The van der Waals surface area contributed by atoms with E-state index >= 15 is 0 Å². The van der Waals surface area contributed by atoms with Gasteiger partial charge in [0.15, 0.2) is 0 Å². The maximum absolute atomic E-state index is 12.3. The molecule has 1 fully saturated rings. The molecule has 2 rings (SSSR count). The van der Waals surface area contributed by atoms with Crippen molar-refractivity contribution in [2.75, 3.05) is 19.8 Å². The van der Waals surface area contributed by atoms with Crippen molar-refractivity contribution >= 4 is 18.3 Å². The van der Waals surface area contributed by atoms with E-state index in [-0.39, 0.29) is 29.6 Å². The zero-order chi connectivity index (χ0) is 16.2. The summed E-state index contributed by atoms with van der Waals surface area (Å²) in [5.74, 6) is 0.184.